The van der Waals surface area contributed by atoms with E-state index >= 15 is 0 Å². The second-order valence-electron chi connectivity index (χ2n) is 4.24. The molecule has 0 radical (unpaired) electrons. The van der Waals surface area contributed by atoms with Crippen molar-refractivity contribution in [3.63, 3.8) is 0 Å². The Bertz CT molecular complexity index is 751. The van der Waals surface area contributed by atoms with Gasteiger partial charge in [0.1, 0.15) is 5.69 Å². The van der Waals surface area contributed by atoms with Gasteiger partial charge in [0.05, 0.1) is 11.1 Å². The van der Waals surface area contributed by atoms with Gasteiger partial charge >= 0.3 is 12.4 Å². The lowest BCUT2D eigenvalue weighted by Gasteiger charge is -2.14. The molecule has 0 saturated heterocycles. The summed E-state index contributed by atoms with van der Waals surface area (Å²) in [5.74, 6) is -0.753. The van der Waals surface area contributed by atoms with E-state index < -0.39 is 40.5 Å². The van der Waals surface area contributed by atoms with E-state index in [0.717, 1.165) is 12.1 Å². The van der Waals surface area contributed by atoms with Crippen molar-refractivity contribution in [2.75, 3.05) is 0 Å². The third kappa shape index (κ3) is 2.76. The number of para-hydroxylation sites is 1. The van der Waals surface area contributed by atoms with Crippen molar-refractivity contribution in [2.45, 2.75) is 12.4 Å². The summed E-state index contributed by atoms with van der Waals surface area (Å²) < 4.78 is 77.2. The predicted molar refractivity (Wildman–Crippen MR) is 64.3 cm³/mol. The molecule has 0 spiro atoms. The van der Waals surface area contributed by atoms with Gasteiger partial charge in [-0.25, -0.2) is 4.98 Å². The van der Waals surface area contributed by atoms with Crippen LogP contribution in [0.25, 0.3) is 10.9 Å². The average Bonchev–Trinajstić information content (AvgIpc) is 2.42. The monoisotopic (exact) mass is 323 g/mol. The summed E-state index contributed by atoms with van der Waals surface area (Å²) in [4.78, 5) is 3.05. The van der Waals surface area contributed by atoms with Crippen molar-refractivity contribution in [3.8, 4) is 0 Å². The molecule has 10 heteroatoms. The lowest BCUT2D eigenvalue weighted by atomic mass is 10.0. The molecule has 0 aliphatic rings. The highest BCUT2D eigenvalue weighted by Crippen LogP contribution is 2.37. The molecule has 0 amide bonds. The molecule has 0 aliphatic heterocycles. The number of benzene rings is 1. The van der Waals surface area contributed by atoms with Crippen LogP contribution in [0, 0.1) is 0 Å². The first-order valence-corrected chi connectivity index (χ1v) is 5.61. The zero-order chi connectivity index (χ0) is 16.7. The summed E-state index contributed by atoms with van der Waals surface area (Å²) in [6.07, 6.45) is -9.89. The van der Waals surface area contributed by atoms with E-state index in [2.05, 4.69) is 10.1 Å². The van der Waals surface area contributed by atoms with E-state index in [1.807, 2.05) is 0 Å². The fourth-order valence-corrected chi connectivity index (χ4v) is 1.89. The van der Waals surface area contributed by atoms with Gasteiger partial charge in [0.25, 0.3) is 0 Å². The van der Waals surface area contributed by atoms with E-state index in [4.69, 9.17) is 10.9 Å². The lowest BCUT2D eigenvalue weighted by Crippen LogP contribution is -2.18. The van der Waals surface area contributed by atoms with Crippen molar-refractivity contribution in [1.82, 2.24) is 4.98 Å². The lowest BCUT2D eigenvalue weighted by molar-refractivity contribution is -0.142. The Hall–Kier alpha value is -2.52. The molecular formula is C12H7F6N3O. The van der Waals surface area contributed by atoms with Gasteiger partial charge in [-0.1, -0.05) is 17.3 Å². The molecule has 0 aliphatic carbocycles. The van der Waals surface area contributed by atoms with Gasteiger partial charge in [-0.15, -0.1) is 0 Å². The van der Waals surface area contributed by atoms with Gasteiger partial charge in [-0.3, -0.25) is 0 Å². The fourth-order valence-electron chi connectivity index (χ4n) is 1.89. The zero-order valence-corrected chi connectivity index (χ0v) is 10.5. The molecule has 1 aromatic carbocycles. The van der Waals surface area contributed by atoms with Crippen molar-refractivity contribution >= 4 is 16.7 Å². The zero-order valence-electron chi connectivity index (χ0n) is 10.5. The number of amidine groups is 1. The number of rotatable bonds is 1. The molecular weight excluding hydrogens is 316 g/mol. The van der Waals surface area contributed by atoms with E-state index in [-0.39, 0.29) is 5.39 Å². The Morgan fingerprint density at radius 2 is 1.73 bits per heavy atom. The van der Waals surface area contributed by atoms with Gasteiger partial charge in [-0.05, 0) is 12.1 Å². The number of oxime groups is 1. The van der Waals surface area contributed by atoms with Crippen molar-refractivity contribution in [1.29, 1.82) is 0 Å². The van der Waals surface area contributed by atoms with Crippen LogP contribution >= 0.6 is 0 Å². The molecule has 0 fully saturated rings. The van der Waals surface area contributed by atoms with Crippen molar-refractivity contribution < 1.29 is 31.5 Å². The summed E-state index contributed by atoms with van der Waals surface area (Å²) in [5.41, 5.74) is 0.921. The number of pyridine rings is 1. The molecule has 0 unspecified atom stereocenters. The topological polar surface area (TPSA) is 71.5 Å². The van der Waals surface area contributed by atoms with E-state index in [0.29, 0.717) is 12.1 Å². The second-order valence-corrected chi connectivity index (χ2v) is 4.24. The highest BCUT2D eigenvalue weighted by Gasteiger charge is 2.37. The summed E-state index contributed by atoms with van der Waals surface area (Å²) in [6.45, 7) is 0. The fraction of sp³-hybridized carbons (Fsp3) is 0.167. The maximum atomic E-state index is 12.9. The van der Waals surface area contributed by atoms with Crippen LogP contribution < -0.4 is 5.73 Å². The Labute approximate surface area is 118 Å². The van der Waals surface area contributed by atoms with Crippen molar-refractivity contribution in [3.05, 3.63) is 41.1 Å². The van der Waals surface area contributed by atoms with Gasteiger partial charge in [0, 0.05) is 10.9 Å². The molecule has 118 valence electrons. The first-order chi connectivity index (χ1) is 10.1. The molecule has 3 N–H and O–H groups in total. The SMILES string of the molecule is NC(=NO)c1cc(C(F)(F)F)nc2c(C(F)(F)F)cccc12. The van der Waals surface area contributed by atoms with Gasteiger partial charge < -0.3 is 10.9 Å². The van der Waals surface area contributed by atoms with Gasteiger partial charge in [0.2, 0.25) is 0 Å². The first-order valence-electron chi connectivity index (χ1n) is 5.61. The third-order valence-electron chi connectivity index (χ3n) is 2.82. The number of halogens is 6. The standard InChI is InChI=1S/C12H7F6N3O/c13-11(14,15)7-3-1-2-5-6(10(19)21-22)4-8(12(16,17)18)20-9(5)7/h1-4,22H,(H2,19,21). The Morgan fingerprint density at radius 1 is 1.09 bits per heavy atom. The quantitative estimate of drug-likeness (QED) is 0.278. The normalized spacial score (nSPS) is 13.6. The average molecular weight is 323 g/mol. The molecule has 1 heterocycles. The number of nitrogens with zero attached hydrogens (tertiary/aromatic N) is 2. The predicted octanol–water partition coefficient (Wildman–Crippen LogP) is 3.37. The summed E-state index contributed by atoms with van der Waals surface area (Å²) in [5, 5.41) is 10.8. The maximum absolute atomic E-state index is 12.9. The molecule has 2 rings (SSSR count). The molecule has 4 nitrogen and oxygen atoms in total. The molecule has 0 saturated carbocycles. The van der Waals surface area contributed by atoms with Crippen LogP contribution in [0.2, 0.25) is 0 Å². The maximum Gasteiger partial charge on any atom is 0.433 e. The minimum absolute atomic E-state index is 0.307. The van der Waals surface area contributed by atoms with Crippen LogP contribution in [0.3, 0.4) is 0 Å². The van der Waals surface area contributed by atoms with Crippen LogP contribution in [-0.4, -0.2) is 16.0 Å². The Morgan fingerprint density at radius 3 is 2.23 bits per heavy atom. The smallest absolute Gasteiger partial charge is 0.409 e. The highest BCUT2D eigenvalue weighted by molar-refractivity contribution is 6.08. The largest absolute Gasteiger partial charge is 0.433 e. The Kier molecular flexibility index (Phi) is 3.63. The van der Waals surface area contributed by atoms with Crippen LogP contribution in [-0.2, 0) is 12.4 Å². The molecule has 22 heavy (non-hydrogen) atoms. The molecule has 1 aromatic heterocycles. The third-order valence-corrected chi connectivity index (χ3v) is 2.82. The van der Waals surface area contributed by atoms with Crippen LogP contribution in [0.15, 0.2) is 29.4 Å². The van der Waals surface area contributed by atoms with Crippen LogP contribution in [0.5, 0.6) is 0 Å². The molecule has 0 atom stereocenters. The number of hydrogen-bond acceptors (Lipinski definition) is 3. The Balaban J connectivity index is 2.96. The van der Waals surface area contributed by atoms with E-state index in [9.17, 15) is 26.3 Å². The number of nitrogens with two attached hydrogens (primary N) is 1. The van der Waals surface area contributed by atoms with E-state index in [1.165, 1.54) is 0 Å². The number of alkyl halides is 6. The molecule has 0 bridgehead atoms. The minimum Gasteiger partial charge on any atom is -0.409 e. The number of fused-ring (bicyclic) bond motifs is 1. The minimum atomic E-state index is -4.99. The number of hydrogen-bond donors (Lipinski definition) is 2. The van der Waals surface area contributed by atoms with Gasteiger partial charge in [-0.2, -0.15) is 26.3 Å². The summed E-state index contributed by atoms with van der Waals surface area (Å²) >= 11 is 0. The van der Waals surface area contributed by atoms with Gasteiger partial charge in [0.15, 0.2) is 5.84 Å². The van der Waals surface area contributed by atoms with E-state index in [1.54, 1.807) is 0 Å². The molecule has 2 aromatic rings. The summed E-state index contributed by atoms with van der Waals surface area (Å²) in [7, 11) is 0. The first kappa shape index (κ1) is 15.9. The summed E-state index contributed by atoms with van der Waals surface area (Å²) in [6, 6.07) is 3.13. The number of aromatic nitrogens is 1. The van der Waals surface area contributed by atoms with Crippen LogP contribution in [0.1, 0.15) is 16.8 Å². The van der Waals surface area contributed by atoms with Crippen molar-refractivity contribution in [2.24, 2.45) is 10.9 Å². The van der Waals surface area contributed by atoms with Crippen LogP contribution in [0.4, 0.5) is 26.3 Å². The second kappa shape index (κ2) is 5.04. The highest BCUT2D eigenvalue weighted by atomic mass is 19.4.